The van der Waals surface area contributed by atoms with Crippen LogP contribution in [0.15, 0.2) is 18.2 Å². The fraction of sp³-hybridized carbons (Fsp3) is 0.600. The Bertz CT molecular complexity index is 451. The molecule has 1 nitrogen and oxygen atoms in total. The van der Waals surface area contributed by atoms with Crippen molar-refractivity contribution in [1.29, 1.82) is 0 Å². The monoisotopic (exact) mass is 271 g/mol. The average molecular weight is 271 g/mol. The van der Waals surface area contributed by atoms with E-state index in [0.29, 0.717) is 0 Å². The standard InChI is InChI=1S/C15H20F3N/c1-14(2,3)12-7-6-10(15(16,17)18)9-11(12)13-5-4-8-19-13/h6-7,9,13,19H,4-5,8H2,1-3H3. The Labute approximate surface area is 112 Å². The van der Waals surface area contributed by atoms with E-state index in [2.05, 4.69) is 5.32 Å². The van der Waals surface area contributed by atoms with Gasteiger partial charge in [0.25, 0.3) is 0 Å². The lowest BCUT2D eigenvalue weighted by Crippen LogP contribution is -2.22. The van der Waals surface area contributed by atoms with Crippen molar-refractivity contribution in [1.82, 2.24) is 5.32 Å². The van der Waals surface area contributed by atoms with E-state index in [1.165, 1.54) is 12.1 Å². The molecule has 0 spiro atoms. The van der Waals surface area contributed by atoms with Gasteiger partial charge < -0.3 is 5.32 Å². The summed E-state index contributed by atoms with van der Waals surface area (Å²) in [5.41, 5.74) is 1.10. The molecule has 19 heavy (non-hydrogen) atoms. The molecule has 1 unspecified atom stereocenters. The fourth-order valence-electron chi connectivity index (χ4n) is 2.66. The van der Waals surface area contributed by atoms with Gasteiger partial charge in [-0.1, -0.05) is 26.8 Å². The Kier molecular flexibility index (Phi) is 3.65. The van der Waals surface area contributed by atoms with E-state index >= 15 is 0 Å². The molecule has 0 aliphatic carbocycles. The third-order valence-corrected chi connectivity index (χ3v) is 3.62. The highest BCUT2D eigenvalue weighted by Gasteiger charge is 2.33. The zero-order chi connectivity index (χ0) is 14.3. The number of rotatable bonds is 1. The first kappa shape index (κ1) is 14.4. The highest BCUT2D eigenvalue weighted by Crippen LogP contribution is 2.38. The first-order valence-electron chi connectivity index (χ1n) is 6.64. The molecule has 4 heteroatoms. The van der Waals surface area contributed by atoms with E-state index < -0.39 is 11.7 Å². The molecule has 2 rings (SSSR count). The zero-order valence-corrected chi connectivity index (χ0v) is 11.6. The largest absolute Gasteiger partial charge is 0.416 e. The van der Waals surface area contributed by atoms with Gasteiger partial charge in [0.2, 0.25) is 0 Å². The third kappa shape index (κ3) is 3.11. The molecule has 0 aromatic heterocycles. The SMILES string of the molecule is CC(C)(C)c1ccc(C(F)(F)F)cc1C1CCCN1. The van der Waals surface area contributed by atoms with Crippen molar-refractivity contribution in [2.75, 3.05) is 6.54 Å². The van der Waals surface area contributed by atoms with Crippen molar-refractivity contribution in [3.05, 3.63) is 34.9 Å². The molecular formula is C15H20F3N. The maximum absolute atomic E-state index is 12.9. The Morgan fingerprint density at radius 3 is 2.32 bits per heavy atom. The van der Waals surface area contributed by atoms with E-state index in [-0.39, 0.29) is 11.5 Å². The van der Waals surface area contributed by atoms with Gasteiger partial charge in [-0.2, -0.15) is 13.2 Å². The maximum atomic E-state index is 12.9. The van der Waals surface area contributed by atoms with Crippen LogP contribution in [0, 0.1) is 0 Å². The minimum atomic E-state index is -4.27. The van der Waals surface area contributed by atoms with Gasteiger partial charge in [-0.25, -0.2) is 0 Å². The zero-order valence-electron chi connectivity index (χ0n) is 11.6. The Morgan fingerprint density at radius 1 is 1.16 bits per heavy atom. The van der Waals surface area contributed by atoms with Crippen molar-refractivity contribution in [2.24, 2.45) is 0 Å². The van der Waals surface area contributed by atoms with E-state index in [9.17, 15) is 13.2 Å². The second-order valence-corrected chi connectivity index (χ2v) is 6.20. The quantitative estimate of drug-likeness (QED) is 0.797. The summed E-state index contributed by atoms with van der Waals surface area (Å²) in [5.74, 6) is 0. The van der Waals surface area contributed by atoms with E-state index in [0.717, 1.165) is 30.5 Å². The van der Waals surface area contributed by atoms with Crippen LogP contribution in [0.2, 0.25) is 0 Å². The Balaban J connectivity index is 2.50. The lowest BCUT2D eigenvalue weighted by molar-refractivity contribution is -0.137. The number of hydrogen-bond donors (Lipinski definition) is 1. The second kappa shape index (κ2) is 4.82. The summed E-state index contributed by atoms with van der Waals surface area (Å²) in [6, 6.07) is 4.21. The molecule has 1 aliphatic heterocycles. The normalized spacial score (nSPS) is 20.8. The second-order valence-electron chi connectivity index (χ2n) is 6.20. The van der Waals surface area contributed by atoms with Crippen LogP contribution in [0.5, 0.6) is 0 Å². The van der Waals surface area contributed by atoms with Gasteiger partial charge in [-0.3, -0.25) is 0 Å². The van der Waals surface area contributed by atoms with E-state index in [4.69, 9.17) is 0 Å². The molecule has 106 valence electrons. The minimum absolute atomic E-state index is 0.0523. The molecule has 1 fully saturated rings. The molecule has 1 heterocycles. The summed E-state index contributed by atoms with van der Waals surface area (Å²) in [4.78, 5) is 0. The van der Waals surface area contributed by atoms with E-state index in [1.54, 1.807) is 6.07 Å². The molecule has 1 saturated heterocycles. The van der Waals surface area contributed by atoms with Gasteiger partial charge in [0.1, 0.15) is 0 Å². The van der Waals surface area contributed by atoms with Crippen LogP contribution >= 0.6 is 0 Å². The van der Waals surface area contributed by atoms with Crippen LogP contribution in [0.1, 0.15) is 56.3 Å². The van der Waals surface area contributed by atoms with Crippen LogP contribution in [0.3, 0.4) is 0 Å². The molecule has 0 amide bonds. The van der Waals surface area contributed by atoms with Crippen LogP contribution in [0.4, 0.5) is 13.2 Å². The first-order valence-corrected chi connectivity index (χ1v) is 6.64. The predicted molar refractivity (Wildman–Crippen MR) is 70.1 cm³/mol. The van der Waals surface area contributed by atoms with Gasteiger partial charge in [0, 0.05) is 6.04 Å². The average Bonchev–Trinajstić information content (AvgIpc) is 2.79. The summed E-state index contributed by atoms with van der Waals surface area (Å²) < 4.78 is 38.6. The highest BCUT2D eigenvalue weighted by molar-refractivity contribution is 5.40. The summed E-state index contributed by atoms with van der Waals surface area (Å²) >= 11 is 0. The smallest absolute Gasteiger partial charge is 0.310 e. The number of hydrogen-bond acceptors (Lipinski definition) is 1. The summed E-state index contributed by atoms with van der Waals surface area (Å²) in [6.07, 6.45) is -2.35. The molecule has 1 aliphatic rings. The topological polar surface area (TPSA) is 12.0 Å². The highest BCUT2D eigenvalue weighted by atomic mass is 19.4. The van der Waals surface area contributed by atoms with Crippen LogP contribution in [0.25, 0.3) is 0 Å². The molecule has 0 radical (unpaired) electrons. The van der Waals surface area contributed by atoms with Crippen molar-refractivity contribution >= 4 is 0 Å². The van der Waals surface area contributed by atoms with Crippen molar-refractivity contribution in [2.45, 2.75) is 51.2 Å². The fourth-order valence-corrected chi connectivity index (χ4v) is 2.66. The Morgan fingerprint density at radius 2 is 1.84 bits per heavy atom. The first-order chi connectivity index (χ1) is 8.69. The van der Waals surface area contributed by atoms with Crippen LogP contribution in [-0.4, -0.2) is 6.54 Å². The third-order valence-electron chi connectivity index (χ3n) is 3.62. The van der Waals surface area contributed by atoms with Crippen molar-refractivity contribution in [3.63, 3.8) is 0 Å². The predicted octanol–water partition coefficient (Wildman–Crippen LogP) is 4.43. The van der Waals surface area contributed by atoms with Crippen LogP contribution < -0.4 is 5.32 Å². The summed E-state index contributed by atoms with van der Waals surface area (Å²) in [6.45, 7) is 6.99. The van der Waals surface area contributed by atoms with Gasteiger partial charge in [-0.15, -0.1) is 0 Å². The molecule has 1 N–H and O–H groups in total. The van der Waals surface area contributed by atoms with Gasteiger partial charge in [0.15, 0.2) is 0 Å². The van der Waals surface area contributed by atoms with E-state index in [1.807, 2.05) is 20.8 Å². The minimum Gasteiger partial charge on any atom is -0.310 e. The van der Waals surface area contributed by atoms with Crippen LogP contribution in [-0.2, 0) is 11.6 Å². The summed E-state index contributed by atoms with van der Waals surface area (Å²) in [7, 11) is 0. The number of nitrogens with one attached hydrogen (secondary N) is 1. The lowest BCUT2D eigenvalue weighted by atomic mass is 9.80. The van der Waals surface area contributed by atoms with Crippen molar-refractivity contribution < 1.29 is 13.2 Å². The van der Waals surface area contributed by atoms with Gasteiger partial charge in [0.05, 0.1) is 5.56 Å². The molecular weight excluding hydrogens is 251 g/mol. The maximum Gasteiger partial charge on any atom is 0.416 e. The lowest BCUT2D eigenvalue weighted by Gasteiger charge is -2.27. The number of benzene rings is 1. The summed E-state index contributed by atoms with van der Waals surface area (Å²) in [5, 5.41) is 3.30. The molecule has 0 bridgehead atoms. The number of halogens is 3. The molecule has 1 aromatic rings. The van der Waals surface area contributed by atoms with Gasteiger partial charge >= 0.3 is 6.18 Å². The molecule has 1 atom stereocenters. The Hall–Kier alpha value is -1.03. The molecule has 0 saturated carbocycles. The van der Waals surface area contributed by atoms with Crippen molar-refractivity contribution in [3.8, 4) is 0 Å². The van der Waals surface area contributed by atoms with Gasteiger partial charge in [-0.05, 0) is 48.1 Å². The molecule has 1 aromatic carbocycles. The number of alkyl halides is 3.